The number of fused-ring (bicyclic) bond motifs is 1. The Morgan fingerprint density at radius 1 is 1.43 bits per heavy atom. The highest BCUT2D eigenvalue weighted by Crippen LogP contribution is 2.27. The smallest absolute Gasteiger partial charge is 0.162 e. The predicted molar refractivity (Wildman–Crippen MR) is 49.7 cm³/mol. The molecule has 2 aliphatic heterocycles. The van der Waals surface area contributed by atoms with Gasteiger partial charge < -0.3 is 14.6 Å². The standard InChI is InChI=1S/C9H14N4O/c1-2-7(14-5-1)9-12-11-8-6-10-3-4-13(8)9/h7,10H,1-6H2. The van der Waals surface area contributed by atoms with Crippen LogP contribution < -0.4 is 5.32 Å². The van der Waals surface area contributed by atoms with Crippen LogP contribution >= 0.6 is 0 Å². The average Bonchev–Trinajstić information content (AvgIpc) is 2.85. The van der Waals surface area contributed by atoms with Gasteiger partial charge in [-0.25, -0.2) is 0 Å². The summed E-state index contributed by atoms with van der Waals surface area (Å²) in [6, 6.07) is 0. The van der Waals surface area contributed by atoms with Crippen molar-refractivity contribution in [1.29, 1.82) is 0 Å². The van der Waals surface area contributed by atoms with Crippen LogP contribution in [0.3, 0.4) is 0 Å². The first kappa shape index (κ1) is 8.38. The Labute approximate surface area is 82.5 Å². The van der Waals surface area contributed by atoms with Crippen molar-refractivity contribution in [2.45, 2.75) is 32.0 Å². The summed E-state index contributed by atoms with van der Waals surface area (Å²) >= 11 is 0. The second-order valence-electron chi connectivity index (χ2n) is 3.80. The van der Waals surface area contributed by atoms with Gasteiger partial charge in [-0.2, -0.15) is 0 Å². The molecule has 0 saturated carbocycles. The van der Waals surface area contributed by atoms with Crippen molar-refractivity contribution < 1.29 is 4.74 Å². The highest BCUT2D eigenvalue weighted by atomic mass is 16.5. The lowest BCUT2D eigenvalue weighted by atomic mass is 10.2. The van der Waals surface area contributed by atoms with E-state index in [-0.39, 0.29) is 6.10 Å². The van der Waals surface area contributed by atoms with E-state index in [2.05, 4.69) is 20.1 Å². The van der Waals surface area contributed by atoms with E-state index in [0.717, 1.165) is 50.7 Å². The maximum absolute atomic E-state index is 5.62. The van der Waals surface area contributed by atoms with Gasteiger partial charge in [0.2, 0.25) is 0 Å². The molecule has 76 valence electrons. The molecule has 1 aromatic rings. The zero-order valence-electron chi connectivity index (χ0n) is 8.07. The molecule has 1 N–H and O–H groups in total. The Morgan fingerprint density at radius 2 is 2.43 bits per heavy atom. The Kier molecular flexibility index (Phi) is 1.99. The second-order valence-corrected chi connectivity index (χ2v) is 3.80. The minimum absolute atomic E-state index is 0.189. The molecule has 3 rings (SSSR count). The van der Waals surface area contributed by atoms with Gasteiger partial charge in [-0.15, -0.1) is 10.2 Å². The fourth-order valence-corrected chi connectivity index (χ4v) is 2.13. The van der Waals surface area contributed by atoms with Crippen LogP contribution in [0, 0.1) is 0 Å². The van der Waals surface area contributed by atoms with Crippen LogP contribution in [-0.4, -0.2) is 27.9 Å². The van der Waals surface area contributed by atoms with Crippen LogP contribution in [0.4, 0.5) is 0 Å². The third kappa shape index (κ3) is 1.24. The van der Waals surface area contributed by atoms with Gasteiger partial charge in [0, 0.05) is 19.7 Å². The zero-order chi connectivity index (χ0) is 9.38. The molecule has 14 heavy (non-hydrogen) atoms. The molecule has 5 heteroatoms. The quantitative estimate of drug-likeness (QED) is 0.695. The summed E-state index contributed by atoms with van der Waals surface area (Å²) in [5, 5.41) is 11.7. The number of nitrogens with zero attached hydrogens (tertiary/aromatic N) is 3. The van der Waals surface area contributed by atoms with E-state index in [9.17, 15) is 0 Å². The summed E-state index contributed by atoms with van der Waals surface area (Å²) in [7, 11) is 0. The van der Waals surface area contributed by atoms with Gasteiger partial charge in [0.25, 0.3) is 0 Å². The van der Waals surface area contributed by atoms with Gasteiger partial charge in [0.05, 0.1) is 6.54 Å². The molecule has 1 unspecified atom stereocenters. The highest BCUT2D eigenvalue weighted by Gasteiger charge is 2.25. The van der Waals surface area contributed by atoms with Gasteiger partial charge in [-0.05, 0) is 12.8 Å². The van der Waals surface area contributed by atoms with Crippen molar-refractivity contribution in [2.24, 2.45) is 0 Å². The summed E-state index contributed by atoms with van der Waals surface area (Å²) in [5.74, 6) is 2.07. The number of hydrogen-bond acceptors (Lipinski definition) is 4. The maximum atomic E-state index is 5.62. The molecule has 0 bridgehead atoms. The SMILES string of the molecule is C1COC(c2nnc3n2CCNC3)C1. The Morgan fingerprint density at radius 3 is 3.29 bits per heavy atom. The first-order valence-corrected chi connectivity index (χ1v) is 5.19. The molecule has 0 radical (unpaired) electrons. The van der Waals surface area contributed by atoms with E-state index < -0.39 is 0 Å². The van der Waals surface area contributed by atoms with E-state index in [4.69, 9.17) is 4.74 Å². The number of ether oxygens (including phenoxy) is 1. The fraction of sp³-hybridized carbons (Fsp3) is 0.778. The molecular weight excluding hydrogens is 180 g/mol. The molecule has 0 aliphatic carbocycles. The van der Waals surface area contributed by atoms with E-state index in [1.807, 2.05) is 0 Å². The van der Waals surface area contributed by atoms with E-state index >= 15 is 0 Å². The van der Waals surface area contributed by atoms with E-state index in [0.29, 0.717) is 0 Å². The van der Waals surface area contributed by atoms with Crippen LogP contribution in [0.15, 0.2) is 0 Å². The van der Waals surface area contributed by atoms with Gasteiger partial charge in [0.1, 0.15) is 11.9 Å². The molecule has 1 saturated heterocycles. The molecule has 2 aliphatic rings. The van der Waals surface area contributed by atoms with Crippen molar-refractivity contribution in [2.75, 3.05) is 13.2 Å². The normalized spacial score (nSPS) is 26.4. The van der Waals surface area contributed by atoms with Crippen molar-refractivity contribution in [1.82, 2.24) is 20.1 Å². The predicted octanol–water partition coefficient (Wildman–Crippen LogP) is 0.233. The lowest BCUT2D eigenvalue weighted by molar-refractivity contribution is 0.101. The summed E-state index contributed by atoms with van der Waals surface area (Å²) in [5.41, 5.74) is 0. The monoisotopic (exact) mass is 194 g/mol. The van der Waals surface area contributed by atoms with Crippen molar-refractivity contribution in [3.8, 4) is 0 Å². The second kappa shape index (κ2) is 3.33. The van der Waals surface area contributed by atoms with Gasteiger partial charge >= 0.3 is 0 Å². The molecule has 1 aromatic heterocycles. The topological polar surface area (TPSA) is 52.0 Å². The lowest BCUT2D eigenvalue weighted by Crippen LogP contribution is -2.29. The van der Waals surface area contributed by atoms with Crippen molar-refractivity contribution in [3.63, 3.8) is 0 Å². The van der Waals surface area contributed by atoms with Crippen LogP contribution in [-0.2, 0) is 17.8 Å². The van der Waals surface area contributed by atoms with E-state index in [1.165, 1.54) is 0 Å². The summed E-state index contributed by atoms with van der Waals surface area (Å²) in [6.07, 6.45) is 2.42. The van der Waals surface area contributed by atoms with Crippen molar-refractivity contribution in [3.05, 3.63) is 11.6 Å². The maximum Gasteiger partial charge on any atom is 0.162 e. The summed E-state index contributed by atoms with van der Waals surface area (Å²) in [6.45, 7) is 3.67. The minimum Gasteiger partial charge on any atom is -0.370 e. The number of hydrogen-bond donors (Lipinski definition) is 1. The lowest BCUT2D eigenvalue weighted by Gasteiger charge is -2.17. The van der Waals surface area contributed by atoms with Gasteiger partial charge in [0.15, 0.2) is 5.82 Å². The minimum atomic E-state index is 0.189. The number of aromatic nitrogens is 3. The highest BCUT2D eigenvalue weighted by molar-refractivity contribution is 5.02. The Balaban J connectivity index is 1.93. The molecule has 0 amide bonds. The third-order valence-electron chi connectivity index (χ3n) is 2.87. The number of nitrogens with one attached hydrogen (secondary N) is 1. The van der Waals surface area contributed by atoms with Crippen LogP contribution in [0.2, 0.25) is 0 Å². The first-order chi connectivity index (χ1) is 6.95. The zero-order valence-corrected chi connectivity index (χ0v) is 8.07. The molecule has 0 aromatic carbocycles. The van der Waals surface area contributed by atoms with Gasteiger partial charge in [-0.1, -0.05) is 0 Å². The average molecular weight is 194 g/mol. The Bertz CT molecular complexity index is 330. The summed E-state index contributed by atoms with van der Waals surface area (Å²) < 4.78 is 7.82. The number of rotatable bonds is 1. The molecule has 1 fully saturated rings. The van der Waals surface area contributed by atoms with Crippen LogP contribution in [0.1, 0.15) is 30.6 Å². The Hall–Kier alpha value is -0.940. The molecule has 1 atom stereocenters. The van der Waals surface area contributed by atoms with Crippen LogP contribution in [0.25, 0.3) is 0 Å². The van der Waals surface area contributed by atoms with Gasteiger partial charge in [-0.3, -0.25) is 0 Å². The van der Waals surface area contributed by atoms with E-state index in [1.54, 1.807) is 0 Å². The fourth-order valence-electron chi connectivity index (χ4n) is 2.13. The molecule has 5 nitrogen and oxygen atoms in total. The third-order valence-corrected chi connectivity index (χ3v) is 2.87. The molecule has 0 spiro atoms. The molecular formula is C9H14N4O. The molecule has 3 heterocycles. The summed E-state index contributed by atoms with van der Waals surface area (Å²) in [4.78, 5) is 0. The van der Waals surface area contributed by atoms with Crippen LogP contribution in [0.5, 0.6) is 0 Å². The first-order valence-electron chi connectivity index (χ1n) is 5.19. The van der Waals surface area contributed by atoms with Crippen molar-refractivity contribution >= 4 is 0 Å². The largest absolute Gasteiger partial charge is 0.370 e.